The molecule has 0 fully saturated rings. The van der Waals surface area contributed by atoms with Gasteiger partial charge in [-0.2, -0.15) is 0 Å². The molecule has 0 unspecified atom stereocenters. The quantitative estimate of drug-likeness (QED) is 0.879. The number of aromatic nitrogens is 1. The lowest BCUT2D eigenvalue weighted by atomic mass is 10.2. The van der Waals surface area contributed by atoms with E-state index in [1.807, 2.05) is 12.1 Å². The third-order valence-corrected chi connectivity index (χ3v) is 3.87. The highest BCUT2D eigenvalue weighted by Gasteiger charge is 2.17. The van der Waals surface area contributed by atoms with Gasteiger partial charge < -0.3 is 15.2 Å². The second-order valence-electron chi connectivity index (χ2n) is 3.55. The lowest BCUT2D eigenvalue weighted by molar-refractivity contribution is 0.170. The average Bonchev–Trinajstić information content (AvgIpc) is 2.76. The van der Waals surface area contributed by atoms with Crippen LogP contribution in [0.1, 0.15) is 0 Å². The number of halogens is 1. The van der Waals surface area contributed by atoms with Crippen molar-refractivity contribution in [1.82, 2.24) is 4.98 Å². The number of fused-ring (bicyclic) bond motifs is 1. The van der Waals surface area contributed by atoms with E-state index in [9.17, 15) is 0 Å². The van der Waals surface area contributed by atoms with Crippen LogP contribution in [0.2, 0.25) is 0 Å². The number of nitrogens with zero attached hydrogens (tertiary/aromatic N) is 1. The maximum atomic E-state index is 5.63. The molecule has 0 amide bonds. The van der Waals surface area contributed by atoms with Gasteiger partial charge in [0.25, 0.3) is 0 Å². The number of hydrogen-bond acceptors (Lipinski definition) is 5. The van der Waals surface area contributed by atoms with Crippen LogP contribution in [-0.4, -0.2) is 18.2 Å². The molecule has 0 radical (unpaired) electrons. The molecular weight excluding hydrogens is 304 g/mol. The minimum atomic E-state index is 0.561. The Balaban J connectivity index is 2.10. The van der Waals surface area contributed by atoms with Gasteiger partial charge in [-0.1, -0.05) is 11.3 Å². The van der Waals surface area contributed by atoms with E-state index in [1.165, 1.54) is 11.3 Å². The second kappa shape index (κ2) is 4.19. The number of nitrogens with two attached hydrogens (primary N) is 1. The molecule has 3 rings (SSSR count). The van der Waals surface area contributed by atoms with Gasteiger partial charge in [-0.3, -0.25) is 0 Å². The van der Waals surface area contributed by atoms with Crippen LogP contribution >= 0.6 is 27.3 Å². The molecule has 0 saturated carbocycles. The van der Waals surface area contributed by atoms with Crippen molar-refractivity contribution in [2.24, 2.45) is 0 Å². The predicted octanol–water partition coefficient (Wildman–Crippen LogP) is 2.93. The van der Waals surface area contributed by atoms with Gasteiger partial charge in [0.15, 0.2) is 16.6 Å². The summed E-state index contributed by atoms with van der Waals surface area (Å²) < 4.78 is 12.0. The first-order chi connectivity index (χ1) is 8.24. The third kappa shape index (κ3) is 1.98. The molecule has 2 aromatic rings. The van der Waals surface area contributed by atoms with E-state index in [4.69, 9.17) is 15.2 Å². The summed E-state index contributed by atoms with van der Waals surface area (Å²) in [4.78, 5) is 5.06. The zero-order chi connectivity index (χ0) is 11.8. The molecule has 1 aliphatic rings. The van der Waals surface area contributed by atoms with E-state index >= 15 is 0 Å². The van der Waals surface area contributed by atoms with Gasteiger partial charge in [0.2, 0.25) is 0 Å². The van der Waals surface area contributed by atoms with Crippen LogP contribution in [0.25, 0.3) is 10.4 Å². The van der Waals surface area contributed by atoms with Gasteiger partial charge in [0.1, 0.15) is 13.2 Å². The fourth-order valence-corrected chi connectivity index (χ4v) is 2.90. The Hall–Kier alpha value is -1.27. The Kier molecular flexibility index (Phi) is 2.68. The largest absolute Gasteiger partial charge is 0.486 e. The van der Waals surface area contributed by atoms with Crippen molar-refractivity contribution in [3.63, 3.8) is 0 Å². The maximum absolute atomic E-state index is 5.63. The van der Waals surface area contributed by atoms with Crippen molar-refractivity contribution in [2.45, 2.75) is 0 Å². The molecule has 0 aliphatic carbocycles. The zero-order valence-electron chi connectivity index (χ0n) is 8.77. The highest BCUT2D eigenvalue weighted by Crippen LogP contribution is 2.42. The topological polar surface area (TPSA) is 57.4 Å². The van der Waals surface area contributed by atoms with Gasteiger partial charge >= 0.3 is 0 Å². The van der Waals surface area contributed by atoms with Gasteiger partial charge in [-0.15, -0.1) is 0 Å². The highest BCUT2D eigenvalue weighted by atomic mass is 79.9. The van der Waals surface area contributed by atoms with Crippen molar-refractivity contribution >= 4 is 32.4 Å². The number of thiazole rings is 1. The van der Waals surface area contributed by atoms with Gasteiger partial charge in [-0.05, 0) is 33.6 Å². The van der Waals surface area contributed by atoms with E-state index in [2.05, 4.69) is 20.9 Å². The second-order valence-corrected chi connectivity index (χ2v) is 5.46. The van der Waals surface area contributed by atoms with Crippen LogP contribution in [-0.2, 0) is 0 Å². The van der Waals surface area contributed by atoms with Crippen molar-refractivity contribution in [3.8, 4) is 21.9 Å². The monoisotopic (exact) mass is 312 g/mol. The molecule has 1 aromatic carbocycles. The number of benzene rings is 1. The third-order valence-electron chi connectivity index (χ3n) is 2.40. The molecule has 0 spiro atoms. The number of hydrogen-bond donors (Lipinski definition) is 1. The van der Waals surface area contributed by atoms with Crippen LogP contribution < -0.4 is 15.2 Å². The molecule has 6 heteroatoms. The van der Waals surface area contributed by atoms with Gasteiger partial charge in [-0.25, -0.2) is 4.98 Å². The minimum Gasteiger partial charge on any atom is -0.486 e. The molecule has 0 bridgehead atoms. The average molecular weight is 313 g/mol. The van der Waals surface area contributed by atoms with Crippen LogP contribution in [0, 0.1) is 0 Å². The predicted molar refractivity (Wildman–Crippen MR) is 70.7 cm³/mol. The van der Waals surface area contributed by atoms with E-state index in [0.29, 0.717) is 18.3 Å². The fraction of sp³-hybridized carbons (Fsp3) is 0.182. The number of ether oxygens (including phenoxy) is 2. The Morgan fingerprint density at radius 3 is 2.88 bits per heavy atom. The van der Waals surface area contributed by atoms with Gasteiger partial charge in [0, 0.05) is 6.20 Å². The molecule has 1 aromatic heterocycles. The van der Waals surface area contributed by atoms with Crippen molar-refractivity contribution in [2.75, 3.05) is 18.9 Å². The maximum Gasteiger partial charge on any atom is 0.180 e. The molecule has 4 nitrogen and oxygen atoms in total. The zero-order valence-corrected chi connectivity index (χ0v) is 11.2. The van der Waals surface area contributed by atoms with Crippen LogP contribution in [0.4, 0.5) is 5.13 Å². The Labute approximate surface area is 111 Å². The molecular formula is C11H9BrN2O2S. The molecule has 88 valence electrons. The van der Waals surface area contributed by atoms with E-state index in [-0.39, 0.29) is 0 Å². The molecule has 1 aliphatic heterocycles. The molecule has 2 N–H and O–H groups in total. The fourth-order valence-electron chi connectivity index (χ4n) is 1.67. The SMILES string of the molecule is Nc1ncc(-c2cc(Br)c3c(c2)OCCO3)s1. The normalized spacial score (nSPS) is 13.7. The van der Waals surface area contributed by atoms with E-state index < -0.39 is 0 Å². The summed E-state index contributed by atoms with van der Waals surface area (Å²) in [6.07, 6.45) is 1.76. The van der Waals surface area contributed by atoms with Gasteiger partial charge in [0.05, 0.1) is 9.35 Å². The van der Waals surface area contributed by atoms with Crippen molar-refractivity contribution in [3.05, 3.63) is 22.8 Å². The first-order valence-electron chi connectivity index (χ1n) is 5.05. The lowest BCUT2D eigenvalue weighted by Gasteiger charge is -2.20. The van der Waals surface area contributed by atoms with E-state index in [1.54, 1.807) is 6.20 Å². The number of nitrogen functional groups attached to an aromatic ring is 1. The summed E-state index contributed by atoms with van der Waals surface area (Å²) in [5, 5.41) is 0.561. The summed E-state index contributed by atoms with van der Waals surface area (Å²) in [5.41, 5.74) is 6.65. The van der Waals surface area contributed by atoms with Crippen molar-refractivity contribution < 1.29 is 9.47 Å². The molecule has 2 heterocycles. The highest BCUT2D eigenvalue weighted by molar-refractivity contribution is 9.10. The van der Waals surface area contributed by atoms with Crippen LogP contribution in [0.3, 0.4) is 0 Å². The first kappa shape index (κ1) is 10.9. The first-order valence-corrected chi connectivity index (χ1v) is 6.66. The minimum absolute atomic E-state index is 0.561. The molecule has 0 saturated heterocycles. The summed E-state index contributed by atoms with van der Waals surface area (Å²) >= 11 is 4.93. The standard InChI is InChI=1S/C11H9BrN2O2S/c12-7-3-6(9-5-14-11(13)17-9)4-8-10(7)16-2-1-15-8/h3-5H,1-2H2,(H2,13,14). The number of rotatable bonds is 1. The Bertz CT molecular complexity index is 571. The van der Waals surface area contributed by atoms with Crippen LogP contribution in [0.15, 0.2) is 22.8 Å². The summed E-state index contributed by atoms with van der Waals surface area (Å²) in [5.74, 6) is 1.52. The van der Waals surface area contributed by atoms with E-state index in [0.717, 1.165) is 26.4 Å². The molecule has 17 heavy (non-hydrogen) atoms. The van der Waals surface area contributed by atoms with Crippen molar-refractivity contribution in [1.29, 1.82) is 0 Å². The summed E-state index contributed by atoms with van der Waals surface area (Å²) in [7, 11) is 0. The smallest absolute Gasteiger partial charge is 0.180 e. The Morgan fingerprint density at radius 1 is 1.29 bits per heavy atom. The lowest BCUT2D eigenvalue weighted by Crippen LogP contribution is -2.15. The Morgan fingerprint density at radius 2 is 2.12 bits per heavy atom. The summed E-state index contributed by atoms with van der Waals surface area (Å²) in [6, 6.07) is 3.94. The summed E-state index contributed by atoms with van der Waals surface area (Å²) in [6.45, 7) is 1.16. The van der Waals surface area contributed by atoms with Crippen LogP contribution in [0.5, 0.6) is 11.5 Å². The number of anilines is 1. The molecule has 0 atom stereocenters.